The summed E-state index contributed by atoms with van der Waals surface area (Å²) in [4.78, 5) is 17.8. The van der Waals surface area contributed by atoms with E-state index in [2.05, 4.69) is 4.72 Å². The van der Waals surface area contributed by atoms with E-state index in [9.17, 15) is 18.3 Å². The van der Waals surface area contributed by atoms with Gasteiger partial charge in [-0.25, -0.2) is 18.1 Å². The SMILES string of the molecule is CC(C)[C@@H](NS(=O)(=O)C[C@]12CC[C@H](CC1=O)C2(C)C)C1=N[C@H](C(O)(c2ccccc2)c2ccccc2)CO1. The monoisotopic (exact) mass is 538 g/mol. The van der Waals surface area contributed by atoms with Crippen LogP contribution in [0.4, 0.5) is 0 Å². The molecular weight excluding hydrogens is 500 g/mol. The van der Waals surface area contributed by atoms with Gasteiger partial charge in [0, 0.05) is 11.8 Å². The predicted octanol–water partition coefficient (Wildman–Crippen LogP) is 4.06. The van der Waals surface area contributed by atoms with Crippen molar-refractivity contribution in [3.63, 3.8) is 0 Å². The second kappa shape index (κ2) is 9.57. The number of ketones is 1. The number of benzene rings is 2. The van der Waals surface area contributed by atoms with Gasteiger partial charge >= 0.3 is 0 Å². The summed E-state index contributed by atoms with van der Waals surface area (Å²) in [6.07, 6.45) is 1.96. The summed E-state index contributed by atoms with van der Waals surface area (Å²) in [5.41, 5.74) is -1.29. The van der Waals surface area contributed by atoms with Gasteiger partial charge in [-0.05, 0) is 41.2 Å². The van der Waals surface area contributed by atoms with E-state index in [1.807, 2.05) is 88.4 Å². The number of nitrogens with zero attached hydrogens (tertiary/aromatic N) is 1. The van der Waals surface area contributed by atoms with Crippen LogP contribution in [0.5, 0.6) is 0 Å². The average Bonchev–Trinajstić information content (AvgIpc) is 3.52. The lowest BCUT2D eigenvalue weighted by atomic mass is 9.70. The van der Waals surface area contributed by atoms with Crippen molar-refractivity contribution in [1.29, 1.82) is 0 Å². The summed E-state index contributed by atoms with van der Waals surface area (Å²) >= 11 is 0. The smallest absolute Gasteiger partial charge is 0.213 e. The first kappa shape index (κ1) is 27.0. The Hall–Kier alpha value is -2.55. The molecule has 0 saturated heterocycles. The van der Waals surface area contributed by atoms with Crippen LogP contribution in [0, 0.1) is 22.7 Å². The molecule has 2 fully saturated rings. The van der Waals surface area contributed by atoms with E-state index >= 15 is 0 Å². The largest absolute Gasteiger partial charge is 0.477 e. The molecule has 1 heterocycles. The summed E-state index contributed by atoms with van der Waals surface area (Å²) in [6.45, 7) is 7.99. The highest BCUT2D eigenvalue weighted by atomic mass is 32.2. The van der Waals surface area contributed by atoms with Crippen molar-refractivity contribution in [3.05, 3.63) is 71.8 Å². The minimum Gasteiger partial charge on any atom is -0.477 e. The highest BCUT2D eigenvalue weighted by Gasteiger charge is 2.65. The second-order valence-corrected chi connectivity index (χ2v) is 13.8. The molecule has 204 valence electrons. The molecule has 2 aliphatic carbocycles. The number of sulfonamides is 1. The Morgan fingerprint density at radius 3 is 2.13 bits per heavy atom. The van der Waals surface area contributed by atoms with Crippen LogP contribution in [0.2, 0.25) is 0 Å². The molecule has 38 heavy (non-hydrogen) atoms. The molecule has 2 N–H and O–H groups in total. The molecule has 0 spiro atoms. The highest BCUT2D eigenvalue weighted by molar-refractivity contribution is 7.89. The Kier molecular flexibility index (Phi) is 6.81. The molecular formula is C30H38N2O5S. The summed E-state index contributed by atoms with van der Waals surface area (Å²) in [7, 11) is -3.85. The van der Waals surface area contributed by atoms with E-state index in [1.165, 1.54) is 0 Å². The normalized spacial score (nSPS) is 27.4. The molecule has 2 saturated carbocycles. The van der Waals surface area contributed by atoms with Gasteiger partial charge in [-0.15, -0.1) is 0 Å². The fraction of sp³-hybridized carbons (Fsp3) is 0.533. The number of fused-ring (bicyclic) bond motifs is 2. The average molecular weight is 539 g/mol. The Balaban J connectivity index is 1.44. The molecule has 3 aliphatic rings. The van der Waals surface area contributed by atoms with Crippen molar-refractivity contribution < 1.29 is 23.1 Å². The van der Waals surface area contributed by atoms with Gasteiger partial charge in [0.2, 0.25) is 15.9 Å². The summed E-state index contributed by atoms with van der Waals surface area (Å²) in [5.74, 6) is 0.182. The van der Waals surface area contributed by atoms with Crippen molar-refractivity contribution >= 4 is 21.7 Å². The summed E-state index contributed by atoms with van der Waals surface area (Å²) in [5, 5.41) is 12.1. The zero-order chi connectivity index (χ0) is 27.3. The Labute approximate surface area is 225 Å². The van der Waals surface area contributed by atoms with Crippen LogP contribution in [0.25, 0.3) is 0 Å². The van der Waals surface area contributed by atoms with Gasteiger partial charge in [-0.1, -0.05) is 88.4 Å². The van der Waals surface area contributed by atoms with Gasteiger partial charge in [0.25, 0.3) is 0 Å². The molecule has 0 aromatic heterocycles. The van der Waals surface area contributed by atoms with Gasteiger partial charge in [-0.3, -0.25) is 4.79 Å². The molecule has 2 bridgehead atoms. The lowest BCUT2D eigenvalue weighted by Crippen LogP contribution is -2.50. The van der Waals surface area contributed by atoms with Crippen molar-refractivity contribution in [3.8, 4) is 0 Å². The third-order valence-electron chi connectivity index (χ3n) is 9.40. The number of carbonyl (C=O) groups excluding carboxylic acids is 1. The summed E-state index contributed by atoms with van der Waals surface area (Å²) < 4.78 is 36.0. The van der Waals surface area contributed by atoms with Gasteiger partial charge in [0.05, 0.1) is 11.8 Å². The van der Waals surface area contributed by atoms with Gasteiger partial charge < -0.3 is 9.84 Å². The molecule has 1 aliphatic heterocycles. The molecule has 8 heteroatoms. The first-order valence-corrected chi connectivity index (χ1v) is 15.1. The Morgan fingerprint density at radius 2 is 1.66 bits per heavy atom. The van der Waals surface area contributed by atoms with Crippen LogP contribution in [0.1, 0.15) is 58.1 Å². The quantitative estimate of drug-likeness (QED) is 0.501. The Bertz CT molecular complexity index is 1280. The van der Waals surface area contributed by atoms with Gasteiger partial charge in [0.1, 0.15) is 24.0 Å². The van der Waals surface area contributed by atoms with Crippen molar-refractivity contribution in [2.24, 2.45) is 27.7 Å². The lowest BCUT2D eigenvalue weighted by molar-refractivity contribution is -0.128. The number of aliphatic imine (C=N–C) groups is 1. The second-order valence-electron chi connectivity index (χ2n) is 12.1. The van der Waals surface area contributed by atoms with Crippen molar-refractivity contribution in [1.82, 2.24) is 4.72 Å². The number of hydrogen-bond acceptors (Lipinski definition) is 6. The number of ether oxygens (including phenoxy) is 1. The van der Waals surface area contributed by atoms with Gasteiger partial charge in [-0.2, -0.15) is 0 Å². The van der Waals surface area contributed by atoms with Crippen LogP contribution in [0.15, 0.2) is 65.7 Å². The summed E-state index contributed by atoms with van der Waals surface area (Å²) in [6, 6.07) is 17.3. The third-order valence-corrected chi connectivity index (χ3v) is 10.9. The maximum absolute atomic E-state index is 13.6. The molecule has 7 nitrogen and oxygen atoms in total. The number of Topliss-reactive ketones (excluding diaryl/α,β-unsaturated/α-hetero) is 1. The van der Waals surface area contributed by atoms with E-state index in [4.69, 9.17) is 9.73 Å². The van der Waals surface area contributed by atoms with Crippen molar-refractivity contribution in [2.45, 2.75) is 64.6 Å². The molecule has 0 amide bonds. The van der Waals surface area contributed by atoms with E-state index in [-0.39, 0.29) is 41.3 Å². The number of carbonyl (C=O) groups is 1. The molecule has 0 radical (unpaired) electrons. The fourth-order valence-electron chi connectivity index (χ4n) is 6.85. The predicted molar refractivity (Wildman–Crippen MR) is 147 cm³/mol. The minimum absolute atomic E-state index is 0.0653. The zero-order valence-electron chi connectivity index (χ0n) is 22.6. The number of nitrogens with one attached hydrogen (secondary N) is 1. The standard InChI is InChI=1S/C30H38N2O5S/c1-20(2)26(32-38(35,36)19-29-16-15-23(17-25(29)33)28(29,3)4)27-31-24(18-37-27)30(34,21-11-7-5-8-12-21)22-13-9-6-10-14-22/h5-14,20,23-24,26,32,34H,15-19H2,1-4H3/t23-,24+,26-,29-/m1/s1. The first-order chi connectivity index (χ1) is 17.9. The Morgan fingerprint density at radius 1 is 1.08 bits per heavy atom. The van der Waals surface area contributed by atoms with E-state index in [0.717, 1.165) is 6.42 Å². The maximum atomic E-state index is 13.6. The highest BCUT2D eigenvalue weighted by Crippen LogP contribution is 2.64. The van der Waals surface area contributed by atoms with Gasteiger partial charge in [0.15, 0.2) is 0 Å². The minimum atomic E-state index is -3.85. The van der Waals surface area contributed by atoms with Crippen LogP contribution >= 0.6 is 0 Å². The molecule has 4 atom stereocenters. The zero-order valence-corrected chi connectivity index (χ0v) is 23.4. The number of hydrogen-bond donors (Lipinski definition) is 2. The fourth-order valence-corrected chi connectivity index (χ4v) is 9.02. The lowest BCUT2D eigenvalue weighted by Gasteiger charge is -2.36. The van der Waals surface area contributed by atoms with Crippen LogP contribution in [0.3, 0.4) is 0 Å². The van der Waals surface area contributed by atoms with E-state index < -0.39 is 33.1 Å². The van der Waals surface area contributed by atoms with Crippen LogP contribution < -0.4 is 4.72 Å². The maximum Gasteiger partial charge on any atom is 0.213 e. The van der Waals surface area contributed by atoms with Crippen LogP contribution in [-0.2, 0) is 25.2 Å². The number of aliphatic hydroxyl groups is 1. The third kappa shape index (κ3) is 4.31. The molecule has 0 unspecified atom stereocenters. The van der Waals surface area contributed by atoms with Crippen molar-refractivity contribution in [2.75, 3.05) is 12.4 Å². The molecule has 5 rings (SSSR count). The molecule has 2 aromatic rings. The van der Waals surface area contributed by atoms with Crippen LogP contribution in [-0.4, -0.2) is 49.6 Å². The van der Waals surface area contributed by atoms with E-state index in [0.29, 0.717) is 24.0 Å². The first-order valence-electron chi connectivity index (χ1n) is 13.5. The topological polar surface area (TPSA) is 105 Å². The number of rotatable bonds is 9. The molecule has 2 aromatic carbocycles. The van der Waals surface area contributed by atoms with E-state index in [1.54, 1.807) is 0 Å².